The fraction of sp³-hybridized carbons (Fsp3) is 0.300. The van der Waals surface area contributed by atoms with Crippen molar-refractivity contribution in [1.82, 2.24) is 24.8 Å². The van der Waals surface area contributed by atoms with Crippen LogP contribution in [0.15, 0.2) is 42.0 Å². The van der Waals surface area contributed by atoms with Gasteiger partial charge in [-0.3, -0.25) is 4.79 Å². The molecule has 5 rings (SSSR count). The highest BCUT2D eigenvalue weighted by Gasteiger charge is 2.23. The molecule has 1 aliphatic heterocycles. The molecule has 0 saturated carbocycles. The molecule has 0 radical (unpaired) electrons. The second-order valence-electron chi connectivity index (χ2n) is 6.90. The zero-order valence-electron chi connectivity index (χ0n) is 15.3. The standard InChI is InChI=1S/C20H20N6OS/c27-18(6-5-17-23-14-3-1-2-4-15(14)24-17)25-8-10-26(11-9-25)20-19-16(7-12-28-19)21-13-22-20/h1-4,7,12-13H,5-6,8-11H2,(H,23,24). The Morgan fingerprint density at radius 1 is 1.07 bits per heavy atom. The Balaban J connectivity index is 1.19. The van der Waals surface area contributed by atoms with Crippen molar-refractivity contribution in [2.45, 2.75) is 12.8 Å². The van der Waals surface area contributed by atoms with E-state index in [1.165, 1.54) is 0 Å². The quantitative estimate of drug-likeness (QED) is 0.578. The first-order chi connectivity index (χ1) is 13.8. The lowest BCUT2D eigenvalue weighted by Crippen LogP contribution is -2.49. The van der Waals surface area contributed by atoms with Crippen LogP contribution >= 0.6 is 11.3 Å². The Morgan fingerprint density at radius 3 is 2.79 bits per heavy atom. The van der Waals surface area contributed by atoms with E-state index in [1.54, 1.807) is 17.7 Å². The van der Waals surface area contributed by atoms with Gasteiger partial charge in [-0.1, -0.05) is 12.1 Å². The SMILES string of the molecule is O=C(CCc1nc2ccccc2[nH]1)N1CCN(c2ncnc3ccsc23)CC1. The molecule has 0 bridgehead atoms. The third kappa shape index (κ3) is 3.20. The first-order valence-corrected chi connectivity index (χ1v) is 10.3. The van der Waals surface area contributed by atoms with Gasteiger partial charge in [-0.05, 0) is 23.6 Å². The maximum Gasteiger partial charge on any atom is 0.223 e. The van der Waals surface area contributed by atoms with Crippen LogP contribution in [0.25, 0.3) is 21.3 Å². The van der Waals surface area contributed by atoms with Crippen molar-refractivity contribution >= 4 is 44.3 Å². The van der Waals surface area contributed by atoms with Crippen molar-refractivity contribution < 1.29 is 4.79 Å². The van der Waals surface area contributed by atoms with Crippen molar-refractivity contribution in [2.75, 3.05) is 31.1 Å². The van der Waals surface area contributed by atoms with E-state index in [1.807, 2.05) is 40.6 Å². The number of thiophene rings is 1. The summed E-state index contributed by atoms with van der Waals surface area (Å²) in [7, 11) is 0. The number of imidazole rings is 1. The van der Waals surface area contributed by atoms with Gasteiger partial charge in [0.25, 0.3) is 0 Å². The zero-order chi connectivity index (χ0) is 18.9. The summed E-state index contributed by atoms with van der Waals surface area (Å²) < 4.78 is 1.12. The van der Waals surface area contributed by atoms with Crippen LogP contribution in [-0.2, 0) is 11.2 Å². The number of aromatic amines is 1. The molecule has 7 nitrogen and oxygen atoms in total. The summed E-state index contributed by atoms with van der Waals surface area (Å²) in [5.74, 6) is 2.03. The van der Waals surface area contributed by atoms with Crippen molar-refractivity contribution in [2.24, 2.45) is 0 Å². The molecule has 0 atom stereocenters. The summed E-state index contributed by atoms with van der Waals surface area (Å²) in [5, 5.41) is 2.04. The fourth-order valence-corrected chi connectivity index (χ4v) is 4.54. The van der Waals surface area contributed by atoms with Crippen LogP contribution < -0.4 is 4.90 Å². The molecule has 1 amide bonds. The highest BCUT2D eigenvalue weighted by Crippen LogP contribution is 2.28. The lowest BCUT2D eigenvalue weighted by atomic mass is 10.2. The van der Waals surface area contributed by atoms with Gasteiger partial charge < -0.3 is 14.8 Å². The minimum Gasteiger partial charge on any atom is -0.352 e. The van der Waals surface area contributed by atoms with Gasteiger partial charge in [-0.15, -0.1) is 11.3 Å². The van der Waals surface area contributed by atoms with E-state index in [-0.39, 0.29) is 5.91 Å². The fourth-order valence-electron chi connectivity index (χ4n) is 3.68. The second kappa shape index (κ2) is 7.20. The van der Waals surface area contributed by atoms with Crippen LogP contribution in [0.2, 0.25) is 0 Å². The summed E-state index contributed by atoms with van der Waals surface area (Å²) >= 11 is 1.66. The second-order valence-corrected chi connectivity index (χ2v) is 7.82. The van der Waals surface area contributed by atoms with Crippen LogP contribution in [0.3, 0.4) is 0 Å². The molecule has 1 saturated heterocycles. The monoisotopic (exact) mass is 392 g/mol. The molecule has 1 aromatic carbocycles. The minimum atomic E-state index is 0.184. The van der Waals surface area contributed by atoms with Crippen molar-refractivity contribution in [3.63, 3.8) is 0 Å². The number of rotatable bonds is 4. The predicted molar refractivity (Wildman–Crippen MR) is 111 cm³/mol. The molecule has 28 heavy (non-hydrogen) atoms. The molecular weight excluding hydrogens is 372 g/mol. The van der Waals surface area contributed by atoms with E-state index in [2.05, 4.69) is 24.8 Å². The van der Waals surface area contributed by atoms with Crippen molar-refractivity contribution in [3.8, 4) is 0 Å². The summed E-state index contributed by atoms with van der Waals surface area (Å²) in [5.41, 5.74) is 2.95. The van der Waals surface area contributed by atoms with Crippen LogP contribution in [0, 0.1) is 0 Å². The first kappa shape index (κ1) is 17.1. The normalized spacial score (nSPS) is 14.9. The number of amides is 1. The van der Waals surface area contributed by atoms with Gasteiger partial charge in [0, 0.05) is 39.0 Å². The lowest BCUT2D eigenvalue weighted by molar-refractivity contribution is -0.131. The number of hydrogen-bond acceptors (Lipinski definition) is 6. The van der Waals surface area contributed by atoms with Crippen LogP contribution in [0.1, 0.15) is 12.2 Å². The van der Waals surface area contributed by atoms with Gasteiger partial charge in [0.15, 0.2) is 0 Å². The Kier molecular flexibility index (Phi) is 4.40. The predicted octanol–water partition coefficient (Wildman–Crippen LogP) is 2.85. The van der Waals surface area contributed by atoms with Gasteiger partial charge in [0.05, 0.1) is 21.3 Å². The molecule has 1 aliphatic rings. The average Bonchev–Trinajstić information content (AvgIpc) is 3.38. The number of carbonyl (C=O) groups is 1. The van der Waals surface area contributed by atoms with E-state index in [4.69, 9.17) is 0 Å². The van der Waals surface area contributed by atoms with Gasteiger partial charge in [-0.25, -0.2) is 15.0 Å². The number of hydrogen-bond donors (Lipinski definition) is 1. The molecule has 0 aliphatic carbocycles. The van der Waals surface area contributed by atoms with Crippen LogP contribution in [0.5, 0.6) is 0 Å². The van der Waals surface area contributed by atoms with E-state index in [0.717, 1.165) is 59.1 Å². The summed E-state index contributed by atoms with van der Waals surface area (Å²) in [6.45, 7) is 3.02. The summed E-state index contributed by atoms with van der Waals surface area (Å²) in [4.78, 5) is 33.5. The van der Waals surface area contributed by atoms with Gasteiger partial charge in [0.2, 0.25) is 5.91 Å². The number of fused-ring (bicyclic) bond motifs is 2. The third-order valence-electron chi connectivity index (χ3n) is 5.17. The first-order valence-electron chi connectivity index (χ1n) is 9.42. The number of aryl methyl sites for hydroxylation is 1. The molecule has 142 valence electrons. The van der Waals surface area contributed by atoms with E-state index in [0.29, 0.717) is 12.8 Å². The zero-order valence-corrected chi connectivity index (χ0v) is 16.2. The Labute approximate surface area is 166 Å². The van der Waals surface area contributed by atoms with E-state index < -0.39 is 0 Å². The molecule has 8 heteroatoms. The molecule has 0 unspecified atom stereocenters. The molecule has 4 aromatic rings. The number of H-pyrrole nitrogens is 1. The van der Waals surface area contributed by atoms with Gasteiger partial charge in [0.1, 0.15) is 18.0 Å². The Hall–Kier alpha value is -3.00. The number of piperazine rings is 1. The molecule has 3 aromatic heterocycles. The Bertz CT molecular complexity index is 1090. The number of aromatic nitrogens is 4. The summed E-state index contributed by atoms with van der Waals surface area (Å²) in [6, 6.07) is 9.96. The van der Waals surface area contributed by atoms with Crippen molar-refractivity contribution in [1.29, 1.82) is 0 Å². The Morgan fingerprint density at radius 2 is 1.93 bits per heavy atom. The molecule has 0 spiro atoms. The van der Waals surface area contributed by atoms with Gasteiger partial charge >= 0.3 is 0 Å². The molecule has 1 N–H and O–H groups in total. The highest BCUT2D eigenvalue weighted by atomic mass is 32.1. The van der Waals surface area contributed by atoms with E-state index >= 15 is 0 Å². The smallest absolute Gasteiger partial charge is 0.223 e. The lowest BCUT2D eigenvalue weighted by Gasteiger charge is -2.35. The minimum absolute atomic E-state index is 0.184. The average molecular weight is 392 g/mol. The number of benzene rings is 1. The van der Waals surface area contributed by atoms with Crippen molar-refractivity contribution in [3.05, 3.63) is 47.9 Å². The molecule has 4 heterocycles. The molecular formula is C20H20N6OS. The highest BCUT2D eigenvalue weighted by molar-refractivity contribution is 7.17. The van der Waals surface area contributed by atoms with Crippen LogP contribution in [-0.4, -0.2) is 56.9 Å². The maximum atomic E-state index is 12.6. The number of nitrogens with zero attached hydrogens (tertiary/aromatic N) is 5. The third-order valence-corrected chi connectivity index (χ3v) is 6.07. The van der Waals surface area contributed by atoms with Gasteiger partial charge in [-0.2, -0.15) is 0 Å². The number of nitrogens with one attached hydrogen (secondary N) is 1. The topological polar surface area (TPSA) is 78.0 Å². The largest absolute Gasteiger partial charge is 0.352 e. The molecule has 1 fully saturated rings. The van der Waals surface area contributed by atoms with Crippen LogP contribution in [0.4, 0.5) is 5.82 Å². The number of carbonyl (C=O) groups excluding carboxylic acids is 1. The van der Waals surface area contributed by atoms with E-state index in [9.17, 15) is 4.79 Å². The number of para-hydroxylation sites is 2. The number of anilines is 1. The summed E-state index contributed by atoms with van der Waals surface area (Å²) in [6.07, 6.45) is 2.73. The maximum absolute atomic E-state index is 12.6.